The predicted molar refractivity (Wildman–Crippen MR) is 128 cm³/mol. The van der Waals surface area contributed by atoms with E-state index in [1.54, 1.807) is 36.4 Å². The van der Waals surface area contributed by atoms with Crippen molar-refractivity contribution in [2.24, 2.45) is 5.92 Å². The number of sulfonamides is 1. The molecule has 0 saturated carbocycles. The van der Waals surface area contributed by atoms with E-state index in [9.17, 15) is 18.3 Å². The maximum Gasteiger partial charge on any atom is 0.309 e. The molecular weight excluding hydrogens is 458 g/mol. The summed E-state index contributed by atoms with van der Waals surface area (Å²) in [6.07, 6.45) is 2.00. The van der Waals surface area contributed by atoms with Gasteiger partial charge in [-0.25, -0.2) is 8.42 Å². The lowest BCUT2D eigenvalue weighted by Gasteiger charge is -2.30. The van der Waals surface area contributed by atoms with Gasteiger partial charge >= 0.3 is 5.97 Å². The number of aryl methyl sites for hydroxylation is 2. The molecule has 0 radical (unpaired) electrons. The largest absolute Gasteiger partial charge is 0.481 e. The summed E-state index contributed by atoms with van der Waals surface area (Å²) >= 11 is 1.29. The van der Waals surface area contributed by atoms with E-state index in [4.69, 9.17) is 4.42 Å². The molecule has 2 aromatic carbocycles. The smallest absolute Gasteiger partial charge is 0.309 e. The Labute approximate surface area is 198 Å². The average molecular weight is 486 g/mol. The van der Waals surface area contributed by atoms with Crippen molar-refractivity contribution in [3.8, 4) is 0 Å². The summed E-state index contributed by atoms with van der Waals surface area (Å²) in [5.74, 6) is -1.97. The number of benzene rings is 2. The molecule has 1 saturated heterocycles. The minimum Gasteiger partial charge on any atom is -0.481 e. The molecule has 2 heterocycles. The van der Waals surface area contributed by atoms with Gasteiger partial charge in [-0.2, -0.15) is 4.31 Å². The van der Waals surface area contributed by atoms with E-state index in [0.29, 0.717) is 17.1 Å². The van der Waals surface area contributed by atoms with E-state index in [-0.39, 0.29) is 4.90 Å². The van der Waals surface area contributed by atoms with Gasteiger partial charge in [0.2, 0.25) is 10.0 Å². The Morgan fingerprint density at radius 1 is 1.03 bits per heavy atom. The molecule has 6 nitrogen and oxygen atoms in total. The highest BCUT2D eigenvalue weighted by molar-refractivity contribution is 8.00. The summed E-state index contributed by atoms with van der Waals surface area (Å²) < 4.78 is 34.9. The van der Waals surface area contributed by atoms with Crippen LogP contribution in [0, 0.1) is 19.8 Å². The van der Waals surface area contributed by atoms with Gasteiger partial charge in [0, 0.05) is 11.3 Å². The number of furan rings is 1. The zero-order valence-electron chi connectivity index (χ0n) is 18.7. The van der Waals surface area contributed by atoms with Gasteiger partial charge < -0.3 is 9.52 Å². The summed E-state index contributed by atoms with van der Waals surface area (Å²) in [5.41, 5.74) is 2.64. The Morgan fingerprint density at radius 3 is 2.15 bits per heavy atom. The van der Waals surface area contributed by atoms with Crippen molar-refractivity contribution in [1.29, 1.82) is 0 Å². The topological polar surface area (TPSA) is 87.8 Å². The predicted octanol–water partition coefficient (Wildman–Crippen LogP) is 5.28. The molecule has 4 atom stereocenters. The molecule has 8 heteroatoms. The van der Waals surface area contributed by atoms with Gasteiger partial charge in [-0.1, -0.05) is 66.2 Å². The fourth-order valence-corrected chi connectivity index (χ4v) is 7.93. The highest BCUT2D eigenvalue weighted by atomic mass is 32.2. The lowest BCUT2D eigenvalue weighted by Crippen LogP contribution is -2.39. The van der Waals surface area contributed by atoms with E-state index in [1.165, 1.54) is 22.3 Å². The zero-order valence-corrected chi connectivity index (χ0v) is 20.3. The summed E-state index contributed by atoms with van der Waals surface area (Å²) in [6.45, 7) is 5.74. The normalized spacial score (nSPS) is 23.6. The van der Waals surface area contributed by atoms with Crippen LogP contribution in [0.2, 0.25) is 0 Å². The SMILES string of the molecule is CC[C@@H]1[C@@H](Sc2ccco2)[C@@H](C(=O)O)[C@H](c2ccc(C)cc2)N1S(=O)(=O)c1ccc(C)cc1. The number of hydrogen-bond donors (Lipinski definition) is 1. The lowest BCUT2D eigenvalue weighted by atomic mass is 9.92. The highest BCUT2D eigenvalue weighted by Crippen LogP contribution is 2.51. The van der Waals surface area contributed by atoms with Crippen molar-refractivity contribution < 1.29 is 22.7 Å². The van der Waals surface area contributed by atoms with Crippen LogP contribution in [0.3, 0.4) is 0 Å². The minimum absolute atomic E-state index is 0.163. The van der Waals surface area contributed by atoms with Gasteiger partial charge in [0.15, 0.2) is 5.09 Å². The van der Waals surface area contributed by atoms with Crippen LogP contribution >= 0.6 is 11.8 Å². The average Bonchev–Trinajstić information content (AvgIpc) is 3.41. The number of nitrogens with zero attached hydrogens (tertiary/aromatic N) is 1. The molecule has 0 amide bonds. The van der Waals surface area contributed by atoms with E-state index in [2.05, 4.69) is 0 Å². The van der Waals surface area contributed by atoms with Crippen LogP contribution < -0.4 is 0 Å². The van der Waals surface area contributed by atoms with E-state index in [1.807, 2.05) is 45.0 Å². The summed E-state index contributed by atoms with van der Waals surface area (Å²) in [6, 6.07) is 16.3. The van der Waals surface area contributed by atoms with E-state index < -0.39 is 39.2 Å². The van der Waals surface area contributed by atoms with Gasteiger partial charge in [0.1, 0.15) is 0 Å². The van der Waals surface area contributed by atoms with Crippen molar-refractivity contribution in [2.75, 3.05) is 0 Å². The molecular formula is C25H27NO5S2. The van der Waals surface area contributed by atoms with E-state index >= 15 is 0 Å². The molecule has 0 bridgehead atoms. The fourth-order valence-electron chi connectivity index (χ4n) is 4.51. The maximum atomic E-state index is 14.0. The third-order valence-corrected chi connectivity index (χ3v) is 9.41. The Bertz CT molecular complexity index is 1200. The second-order valence-electron chi connectivity index (χ2n) is 8.36. The second kappa shape index (κ2) is 9.37. The number of hydrogen-bond acceptors (Lipinski definition) is 5. The van der Waals surface area contributed by atoms with Gasteiger partial charge in [-0.3, -0.25) is 4.79 Å². The van der Waals surface area contributed by atoms with Gasteiger partial charge in [-0.05, 0) is 50.1 Å². The second-order valence-corrected chi connectivity index (χ2v) is 11.4. The number of carboxylic acid groups (broad SMARTS) is 1. The molecule has 0 unspecified atom stereocenters. The van der Waals surface area contributed by atoms with Gasteiger partial charge in [0.25, 0.3) is 0 Å². The van der Waals surface area contributed by atoms with Crippen molar-refractivity contribution in [2.45, 2.75) is 54.5 Å². The fraction of sp³-hybridized carbons (Fsp3) is 0.320. The monoisotopic (exact) mass is 485 g/mol. The number of thioether (sulfide) groups is 1. The Hall–Kier alpha value is -2.55. The Morgan fingerprint density at radius 2 is 1.64 bits per heavy atom. The van der Waals surface area contributed by atoms with Crippen LogP contribution in [0.5, 0.6) is 0 Å². The third-order valence-electron chi connectivity index (χ3n) is 6.14. The number of rotatable bonds is 7. The quantitative estimate of drug-likeness (QED) is 0.490. The highest BCUT2D eigenvalue weighted by Gasteiger charge is 2.57. The minimum atomic E-state index is -3.98. The lowest BCUT2D eigenvalue weighted by molar-refractivity contribution is -0.142. The molecule has 1 aliphatic rings. The van der Waals surface area contributed by atoms with Crippen molar-refractivity contribution >= 4 is 27.8 Å². The van der Waals surface area contributed by atoms with Crippen LogP contribution in [0.25, 0.3) is 0 Å². The van der Waals surface area contributed by atoms with Gasteiger partial charge in [0.05, 0.1) is 23.1 Å². The number of aliphatic carboxylic acids is 1. The maximum absolute atomic E-state index is 14.0. The Kier molecular flexibility index (Phi) is 6.70. The third kappa shape index (κ3) is 4.47. The standard InChI is InChI=1S/C25H27NO5S2/c1-4-20-24(32-21-6-5-15-31-21)22(25(27)28)23(18-11-7-16(2)8-12-18)26(20)33(29,30)19-13-9-17(3)10-14-19/h5-15,20,22-24H,4H2,1-3H3,(H,27,28)/t20-,22+,23+,24-/m1/s1. The zero-order chi connectivity index (χ0) is 23.8. The first-order valence-electron chi connectivity index (χ1n) is 10.8. The van der Waals surface area contributed by atoms with Crippen molar-refractivity contribution in [3.63, 3.8) is 0 Å². The number of carboxylic acids is 1. The molecule has 1 aromatic heterocycles. The molecule has 0 aliphatic carbocycles. The first kappa shape index (κ1) is 23.6. The molecule has 1 N–H and O–H groups in total. The van der Waals surface area contributed by atoms with Crippen LogP contribution in [-0.2, 0) is 14.8 Å². The van der Waals surface area contributed by atoms with Crippen LogP contribution in [0.4, 0.5) is 0 Å². The first-order chi connectivity index (χ1) is 15.7. The molecule has 3 aromatic rings. The summed E-state index contributed by atoms with van der Waals surface area (Å²) in [5, 5.41) is 10.4. The molecule has 174 valence electrons. The molecule has 1 aliphatic heterocycles. The van der Waals surface area contributed by atoms with Crippen LogP contribution in [-0.4, -0.2) is 35.1 Å². The molecule has 33 heavy (non-hydrogen) atoms. The molecule has 0 spiro atoms. The van der Waals surface area contributed by atoms with Crippen molar-refractivity contribution in [3.05, 3.63) is 83.6 Å². The summed E-state index contributed by atoms with van der Waals surface area (Å²) in [7, 11) is -3.98. The van der Waals surface area contributed by atoms with Crippen molar-refractivity contribution in [1.82, 2.24) is 4.31 Å². The Balaban J connectivity index is 1.90. The van der Waals surface area contributed by atoms with Gasteiger partial charge in [-0.15, -0.1) is 0 Å². The molecule has 1 fully saturated rings. The van der Waals surface area contributed by atoms with E-state index in [0.717, 1.165) is 11.1 Å². The number of carbonyl (C=O) groups is 1. The van der Waals surface area contributed by atoms with Crippen LogP contribution in [0.1, 0.15) is 36.1 Å². The molecule has 4 rings (SSSR count). The van der Waals surface area contributed by atoms with Crippen LogP contribution in [0.15, 0.2) is 81.3 Å². The first-order valence-corrected chi connectivity index (χ1v) is 13.2. The summed E-state index contributed by atoms with van der Waals surface area (Å²) in [4.78, 5) is 12.8.